The summed E-state index contributed by atoms with van der Waals surface area (Å²) in [6.45, 7) is 3.04. The topological polar surface area (TPSA) is 64.9 Å². The van der Waals surface area contributed by atoms with Gasteiger partial charge in [-0.05, 0) is 24.7 Å². The first-order valence-corrected chi connectivity index (χ1v) is 5.58. The van der Waals surface area contributed by atoms with Crippen LogP contribution in [0.25, 0.3) is 0 Å². The first-order valence-electron chi connectivity index (χ1n) is 5.58. The highest BCUT2D eigenvalue weighted by atomic mass is 16.1. The monoisotopic (exact) mass is 231 g/mol. The summed E-state index contributed by atoms with van der Waals surface area (Å²) < 4.78 is 0. The van der Waals surface area contributed by atoms with Crippen LogP contribution in [0.5, 0.6) is 0 Å². The second-order valence-corrected chi connectivity index (χ2v) is 3.99. The number of benzene rings is 1. The lowest BCUT2D eigenvalue weighted by molar-refractivity contribution is -0.124. The Morgan fingerprint density at radius 2 is 2.06 bits per heavy atom. The highest BCUT2D eigenvalue weighted by Gasteiger charge is 2.10. The summed E-state index contributed by atoms with van der Waals surface area (Å²) in [4.78, 5) is 11.6. The fraction of sp³-hybridized carbons (Fsp3) is 0.385. The van der Waals surface area contributed by atoms with Crippen molar-refractivity contribution in [2.45, 2.75) is 13.5 Å². The van der Waals surface area contributed by atoms with Gasteiger partial charge in [-0.25, -0.2) is 0 Å². The minimum absolute atomic E-state index is 0.0312. The summed E-state index contributed by atoms with van der Waals surface area (Å²) in [5.41, 5.74) is 1.62. The Labute approximate surface area is 102 Å². The zero-order chi connectivity index (χ0) is 12.7. The minimum Gasteiger partial charge on any atom is -0.352 e. The number of nitrogens with one attached hydrogen (secondary N) is 2. The van der Waals surface area contributed by atoms with Crippen LogP contribution < -0.4 is 10.6 Å². The molecule has 0 spiro atoms. The van der Waals surface area contributed by atoms with E-state index in [1.165, 1.54) is 0 Å². The van der Waals surface area contributed by atoms with Gasteiger partial charge in [0.25, 0.3) is 0 Å². The smallest absolute Gasteiger partial charge is 0.224 e. The summed E-state index contributed by atoms with van der Waals surface area (Å²) >= 11 is 0. The van der Waals surface area contributed by atoms with E-state index in [1.54, 1.807) is 12.1 Å². The van der Waals surface area contributed by atoms with Gasteiger partial charge in [0.05, 0.1) is 11.6 Å². The Morgan fingerprint density at radius 3 is 2.59 bits per heavy atom. The summed E-state index contributed by atoms with van der Waals surface area (Å²) in [5, 5.41) is 14.5. The summed E-state index contributed by atoms with van der Waals surface area (Å²) in [6, 6.07) is 9.25. The maximum absolute atomic E-state index is 11.6. The summed E-state index contributed by atoms with van der Waals surface area (Å²) in [6.07, 6.45) is 0. The molecule has 0 bridgehead atoms. The lowest BCUT2D eigenvalue weighted by Gasteiger charge is -2.11. The first-order chi connectivity index (χ1) is 8.17. The molecule has 1 atom stereocenters. The van der Waals surface area contributed by atoms with Gasteiger partial charge in [0, 0.05) is 19.0 Å². The molecule has 0 saturated heterocycles. The largest absolute Gasteiger partial charge is 0.352 e. The molecule has 17 heavy (non-hydrogen) atoms. The fourth-order valence-electron chi connectivity index (χ4n) is 1.46. The zero-order valence-corrected chi connectivity index (χ0v) is 10.2. The van der Waals surface area contributed by atoms with Crippen LogP contribution in [-0.4, -0.2) is 19.5 Å². The lowest BCUT2D eigenvalue weighted by atomic mass is 10.1. The predicted molar refractivity (Wildman–Crippen MR) is 66.1 cm³/mol. The van der Waals surface area contributed by atoms with Crippen LogP contribution >= 0.6 is 0 Å². The van der Waals surface area contributed by atoms with Gasteiger partial charge >= 0.3 is 0 Å². The molecule has 0 aliphatic rings. The molecule has 2 N–H and O–H groups in total. The van der Waals surface area contributed by atoms with E-state index in [-0.39, 0.29) is 11.8 Å². The second-order valence-electron chi connectivity index (χ2n) is 3.99. The SMILES string of the molecule is CNCC(C)C(=O)NCc1ccc(C#N)cc1. The highest BCUT2D eigenvalue weighted by molar-refractivity contribution is 5.78. The van der Waals surface area contributed by atoms with Gasteiger partial charge in [0.15, 0.2) is 0 Å². The van der Waals surface area contributed by atoms with Gasteiger partial charge in [-0.2, -0.15) is 5.26 Å². The van der Waals surface area contributed by atoms with E-state index in [0.29, 0.717) is 18.7 Å². The molecule has 1 aromatic carbocycles. The molecule has 1 aromatic rings. The first kappa shape index (κ1) is 13.2. The van der Waals surface area contributed by atoms with Crippen molar-refractivity contribution >= 4 is 5.91 Å². The number of carbonyl (C=O) groups is 1. The van der Waals surface area contributed by atoms with Crippen molar-refractivity contribution in [1.82, 2.24) is 10.6 Å². The van der Waals surface area contributed by atoms with Gasteiger partial charge in [-0.15, -0.1) is 0 Å². The Hall–Kier alpha value is -1.86. The summed E-state index contributed by atoms with van der Waals surface area (Å²) in [7, 11) is 1.82. The molecule has 0 saturated carbocycles. The number of nitriles is 1. The molecule has 0 aromatic heterocycles. The third-order valence-corrected chi connectivity index (χ3v) is 2.51. The van der Waals surface area contributed by atoms with Crippen LogP contribution in [-0.2, 0) is 11.3 Å². The van der Waals surface area contributed by atoms with Crippen molar-refractivity contribution in [2.75, 3.05) is 13.6 Å². The average molecular weight is 231 g/mol. The van der Waals surface area contributed by atoms with Gasteiger partial charge in [-0.3, -0.25) is 4.79 Å². The third-order valence-electron chi connectivity index (χ3n) is 2.51. The minimum atomic E-state index is -0.0432. The molecule has 90 valence electrons. The molecule has 4 heteroatoms. The van der Waals surface area contributed by atoms with Crippen LogP contribution in [0.4, 0.5) is 0 Å². The number of nitrogens with zero attached hydrogens (tertiary/aromatic N) is 1. The van der Waals surface area contributed by atoms with Gasteiger partial charge < -0.3 is 10.6 Å². The number of amides is 1. The van der Waals surface area contributed by atoms with Crippen molar-refractivity contribution in [3.8, 4) is 6.07 Å². The second kappa shape index (κ2) is 6.66. The normalized spacial score (nSPS) is 11.6. The van der Waals surface area contributed by atoms with Crippen molar-refractivity contribution in [3.63, 3.8) is 0 Å². The molecule has 4 nitrogen and oxygen atoms in total. The van der Waals surface area contributed by atoms with E-state index < -0.39 is 0 Å². The number of hydrogen-bond donors (Lipinski definition) is 2. The van der Waals surface area contributed by atoms with Crippen LogP contribution in [0.15, 0.2) is 24.3 Å². The number of rotatable bonds is 5. The molecule has 0 aliphatic carbocycles. The molecule has 1 amide bonds. The Morgan fingerprint density at radius 1 is 1.41 bits per heavy atom. The molecule has 1 rings (SSSR count). The van der Waals surface area contributed by atoms with Gasteiger partial charge in [0.1, 0.15) is 0 Å². The fourth-order valence-corrected chi connectivity index (χ4v) is 1.46. The van der Waals surface area contributed by atoms with Crippen molar-refractivity contribution in [2.24, 2.45) is 5.92 Å². The number of carbonyl (C=O) groups excluding carboxylic acids is 1. The zero-order valence-electron chi connectivity index (χ0n) is 10.2. The van der Waals surface area contributed by atoms with Crippen molar-refractivity contribution in [3.05, 3.63) is 35.4 Å². The standard InChI is InChI=1S/C13H17N3O/c1-10(8-15-2)13(17)16-9-12-5-3-11(7-14)4-6-12/h3-6,10,15H,8-9H2,1-2H3,(H,16,17). The van der Waals surface area contributed by atoms with Gasteiger partial charge in [0.2, 0.25) is 5.91 Å². The molecule has 0 heterocycles. The quantitative estimate of drug-likeness (QED) is 0.795. The van der Waals surface area contributed by atoms with E-state index in [4.69, 9.17) is 5.26 Å². The molecule has 0 radical (unpaired) electrons. The van der Waals surface area contributed by atoms with Crippen LogP contribution in [0, 0.1) is 17.2 Å². The van der Waals surface area contributed by atoms with Crippen LogP contribution in [0.3, 0.4) is 0 Å². The third kappa shape index (κ3) is 4.25. The Balaban J connectivity index is 2.45. The highest BCUT2D eigenvalue weighted by Crippen LogP contribution is 2.03. The molecular weight excluding hydrogens is 214 g/mol. The predicted octanol–water partition coefficient (Wildman–Crippen LogP) is 1.03. The van der Waals surface area contributed by atoms with E-state index in [9.17, 15) is 4.79 Å². The molecule has 1 unspecified atom stereocenters. The van der Waals surface area contributed by atoms with E-state index >= 15 is 0 Å². The molecule has 0 fully saturated rings. The van der Waals surface area contributed by atoms with Crippen molar-refractivity contribution < 1.29 is 4.79 Å². The average Bonchev–Trinajstić information content (AvgIpc) is 2.36. The van der Waals surface area contributed by atoms with Crippen molar-refractivity contribution in [1.29, 1.82) is 5.26 Å². The Kier molecular flexibility index (Phi) is 5.18. The Bertz CT molecular complexity index is 406. The number of hydrogen-bond acceptors (Lipinski definition) is 3. The van der Waals surface area contributed by atoms with Crippen LogP contribution in [0.2, 0.25) is 0 Å². The molecule has 0 aliphatic heterocycles. The summed E-state index contributed by atoms with van der Waals surface area (Å²) in [5.74, 6) is -0.0120. The maximum Gasteiger partial charge on any atom is 0.224 e. The van der Waals surface area contributed by atoms with Gasteiger partial charge in [-0.1, -0.05) is 19.1 Å². The molecular formula is C13H17N3O. The maximum atomic E-state index is 11.6. The van der Waals surface area contributed by atoms with E-state index in [1.807, 2.05) is 26.1 Å². The van der Waals surface area contributed by atoms with E-state index in [0.717, 1.165) is 5.56 Å². The van der Waals surface area contributed by atoms with Crippen LogP contribution in [0.1, 0.15) is 18.1 Å². The van der Waals surface area contributed by atoms with E-state index in [2.05, 4.69) is 16.7 Å². The lowest BCUT2D eigenvalue weighted by Crippen LogP contribution is -2.33.